The second-order valence-electron chi connectivity index (χ2n) is 7.55. The molecule has 1 fully saturated rings. The largest absolute Gasteiger partial charge is 0.496 e. The SMILES string of the molecule is COc1cc(C=C(CSC(C)=O)B2OC(C)(C)C(C)(C)O2)ccc1C(F)(F)F. The number of alkyl halides is 3. The van der Waals surface area contributed by atoms with Crippen LogP contribution in [0.25, 0.3) is 6.08 Å². The summed E-state index contributed by atoms with van der Waals surface area (Å²) in [5.41, 5.74) is -0.841. The topological polar surface area (TPSA) is 44.8 Å². The summed E-state index contributed by atoms with van der Waals surface area (Å²) in [6, 6.07) is 3.64. The summed E-state index contributed by atoms with van der Waals surface area (Å²) >= 11 is 1.08. The van der Waals surface area contributed by atoms with E-state index in [9.17, 15) is 18.0 Å². The molecule has 9 heteroatoms. The lowest BCUT2D eigenvalue weighted by atomic mass is 9.78. The van der Waals surface area contributed by atoms with Crippen LogP contribution in [0.2, 0.25) is 0 Å². The molecular weight excluding hydrogens is 392 g/mol. The van der Waals surface area contributed by atoms with E-state index in [2.05, 4.69) is 0 Å². The number of rotatable bonds is 5. The molecule has 0 aromatic heterocycles. The van der Waals surface area contributed by atoms with Crippen molar-refractivity contribution < 1.29 is 32.0 Å². The Hall–Kier alpha value is -1.45. The van der Waals surface area contributed by atoms with E-state index in [1.807, 2.05) is 27.7 Å². The van der Waals surface area contributed by atoms with Crippen LogP contribution in [0.15, 0.2) is 23.7 Å². The predicted octanol–water partition coefficient (Wildman–Crippen LogP) is 5.01. The van der Waals surface area contributed by atoms with Crippen LogP contribution >= 0.6 is 11.8 Å². The molecule has 28 heavy (non-hydrogen) atoms. The predicted molar refractivity (Wildman–Crippen MR) is 105 cm³/mol. The first kappa shape index (κ1) is 22.8. The van der Waals surface area contributed by atoms with Crippen molar-refractivity contribution in [1.29, 1.82) is 0 Å². The highest BCUT2D eigenvalue weighted by molar-refractivity contribution is 8.13. The van der Waals surface area contributed by atoms with Gasteiger partial charge in [-0.1, -0.05) is 23.9 Å². The number of halogens is 3. The van der Waals surface area contributed by atoms with Crippen molar-refractivity contribution in [3.05, 3.63) is 34.8 Å². The van der Waals surface area contributed by atoms with E-state index < -0.39 is 30.1 Å². The van der Waals surface area contributed by atoms with Crippen LogP contribution in [0, 0.1) is 0 Å². The minimum atomic E-state index is -4.51. The lowest BCUT2D eigenvalue weighted by Crippen LogP contribution is -2.41. The van der Waals surface area contributed by atoms with Gasteiger partial charge in [0.2, 0.25) is 0 Å². The third kappa shape index (κ3) is 5.13. The van der Waals surface area contributed by atoms with Crippen molar-refractivity contribution in [3.8, 4) is 5.75 Å². The van der Waals surface area contributed by atoms with E-state index in [0.29, 0.717) is 16.8 Å². The molecule has 0 spiro atoms. The monoisotopic (exact) mass is 416 g/mol. The standard InChI is InChI=1S/C19H24BF3O4S/c1-12(24)28-11-14(20-26-17(2,3)18(4,5)27-20)9-13-7-8-15(19(21,22)23)16(10-13)25-6/h7-10H,11H2,1-6H3. The molecule has 0 atom stereocenters. The fourth-order valence-corrected chi connectivity index (χ4v) is 3.19. The highest BCUT2D eigenvalue weighted by atomic mass is 32.2. The Labute approximate surface area is 167 Å². The van der Waals surface area contributed by atoms with Crippen molar-refractivity contribution >= 4 is 30.1 Å². The first-order valence-corrected chi connectivity index (χ1v) is 9.70. The second-order valence-corrected chi connectivity index (χ2v) is 8.70. The second kappa shape index (κ2) is 8.12. The average Bonchev–Trinajstić information content (AvgIpc) is 2.77. The van der Waals surface area contributed by atoms with Gasteiger partial charge in [0.1, 0.15) is 5.75 Å². The molecule has 0 saturated carbocycles. The maximum absolute atomic E-state index is 13.1. The molecule has 1 saturated heterocycles. The summed E-state index contributed by atoms with van der Waals surface area (Å²) in [5.74, 6) is 0.0314. The molecule has 1 aromatic rings. The van der Waals surface area contributed by atoms with Crippen LogP contribution in [-0.2, 0) is 20.3 Å². The summed E-state index contributed by atoms with van der Waals surface area (Å²) in [6.45, 7) is 9.08. The number of carbonyl (C=O) groups is 1. The van der Waals surface area contributed by atoms with Crippen LogP contribution in [0.1, 0.15) is 45.7 Å². The first-order valence-electron chi connectivity index (χ1n) is 8.71. The molecular formula is C19H24BF3O4S. The maximum Gasteiger partial charge on any atom is 0.491 e. The Morgan fingerprint density at radius 1 is 1.21 bits per heavy atom. The van der Waals surface area contributed by atoms with Crippen molar-refractivity contribution in [2.75, 3.05) is 12.9 Å². The average molecular weight is 416 g/mol. The van der Waals surface area contributed by atoms with Crippen LogP contribution in [0.3, 0.4) is 0 Å². The third-order valence-electron chi connectivity index (χ3n) is 4.88. The zero-order valence-corrected chi connectivity index (χ0v) is 17.6. The van der Waals surface area contributed by atoms with Gasteiger partial charge in [-0.2, -0.15) is 13.2 Å². The quantitative estimate of drug-likeness (QED) is 0.632. The fraction of sp³-hybridized carbons (Fsp3) is 0.526. The smallest absolute Gasteiger partial charge is 0.491 e. The first-order chi connectivity index (χ1) is 12.8. The molecule has 1 aliphatic heterocycles. The fourth-order valence-electron chi connectivity index (χ4n) is 2.60. The molecule has 0 radical (unpaired) electrons. The summed E-state index contributed by atoms with van der Waals surface area (Å²) < 4.78 is 56.2. The zero-order valence-electron chi connectivity index (χ0n) is 16.8. The van der Waals surface area contributed by atoms with E-state index in [0.717, 1.165) is 17.8 Å². The zero-order chi connectivity index (χ0) is 21.3. The van der Waals surface area contributed by atoms with Crippen LogP contribution < -0.4 is 4.74 Å². The van der Waals surface area contributed by atoms with Gasteiger partial charge in [-0.15, -0.1) is 0 Å². The van der Waals surface area contributed by atoms with Gasteiger partial charge in [-0.25, -0.2) is 0 Å². The molecule has 0 N–H and O–H groups in total. The van der Waals surface area contributed by atoms with Gasteiger partial charge in [0, 0.05) is 12.7 Å². The lowest BCUT2D eigenvalue weighted by molar-refractivity contribution is -0.138. The van der Waals surface area contributed by atoms with Gasteiger partial charge in [0.15, 0.2) is 5.12 Å². The number of thioether (sulfide) groups is 1. The number of carbonyl (C=O) groups excluding carboxylic acids is 1. The number of hydrogen-bond acceptors (Lipinski definition) is 5. The Morgan fingerprint density at radius 2 is 1.79 bits per heavy atom. The third-order valence-corrected chi connectivity index (χ3v) is 5.77. The van der Waals surface area contributed by atoms with Gasteiger partial charge >= 0.3 is 13.3 Å². The summed E-state index contributed by atoms with van der Waals surface area (Å²) in [7, 11) is 0.490. The summed E-state index contributed by atoms with van der Waals surface area (Å²) in [5, 5.41) is -0.0765. The van der Waals surface area contributed by atoms with E-state index in [1.165, 1.54) is 26.2 Å². The van der Waals surface area contributed by atoms with Gasteiger partial charge < -0.3 is 14.0 Å². The molecule has 0 unspecified atom stereocenters. The van der Waals surface area contributed by atoms with Crippen LogP contribution in [-0.4, -0.2) is 36.3 Å². The van der Waals surface area contributed by atoms with E-state index in [1.54, 1.807) is 6.08 Å². The molecule has 1 aliphatic rings. The Balaban J connectivity index is 2.41. The minimum Gasteiger partial charge on any atom is -0.496 e. The molecule has 154 valence electrons. The van der Waals surface area contributed by atoms with E-state index in [-0.39, 0.29) is 10.9 Å². The van der Waals surface area contributed by atoms with Crippen LogP contribution in [0.5, 0.6) is 5.75 Å². The minimum absolute atomic E-state index is 0.0765. The Morgan fingerprint density at radius 3 is 2.25 bits per heavy atom. The highest BCUT2D eigenvalue weighted by Crippen LogP contribution is 2.40. The summed E-state index contributed by atoms with van der Waals surface area (Å²) in [4.78, 5) is 11.4. The van der Waals surface area contributed by atoms with Gasteiger partial charge in [-0.3, -0.25) is 4.79 Å². The molecule has 1 aromatic carbocycles. The van der Waals surface area contributed by atoms with E-state index in [4.69, 9.17) is 14.0 Å². The highest BCUT2D eigenvalue weighted by Gasteiger charge is 2.52. The Bertz CT molecular complexity index is 759. The van der Waals surface area contributed by atoms with Crippen molar-refractivity contribution in [3.63, 3.8) is 0 Å². The Kier molecular flexibility index (Phi) is 6.63. The normalized spacial score (nSPS) is 19.0. The van der Waals surface area contributed by atoms with Crippen molar-refractivity contribution in [1.82, 2.24) is 0 Å². The molecule has 0 bridgehead atoms. The molecule has 0 amide bonds. The van der Waals surface area contributed by atoms with Gasteiger partial charge in [0.25, 0.3) is 0 Å². The molecule has 2 rings (SSSR count). The van der Waals surface area contributed by atoms with Crippen molar-refractivity contribution in [2.45, 2.75) is 52.0 Å². The molecule has 4 nitrogen and oxygen atoms in total. The number of benzene rings is 1. The molecule has 0 aliphatic carbocycles. The van der Waals surface area contributed by atoms with Gasteiger partial charge in [-0.05, 0) is 50.9 Å². The summed E-state index contributed by atoms with van der Waals surface area (Å²) in [6.07, 6.45) is -2.83. The van der Waals surface area contributed by atoms with Gasteiger partial charge in [0.05, 0.1) is 23.9 Å². The number of hydrogen-bond donors (Lipinski definition) is 0. The maximum atomic E-state index is 13.1. The van der Waals surface area contributed by atoms with Crippen molar-refractivity contribution in [2.24, 2.45) is 0 Å². The number of ether oxygens (including phenoxy) is 1. The van der Waals surface area contributed by atoms with E-state index >= 15 is 0 Å². The van der Waals surface area contributed by atoms with Crippen LogP contribution in [0.4, 0.5) is 13.2 Å². The lowest BCUT2D eigenvalue weighted by Gasteiger charge is -2.32. The number of methoxy groups -OCH3 is 1. The molecule has 1 heterocycles.